The third-order valence-electron chi connectivity index (χ3n) is 5.36. The lowest BCUT2D eigenvalue weighted by molar-refractivity contribution is -0.127. The van der Waals surface area contributed by atoms with Gasteiger partial charge in [-0.25, -0.2) is 0 Å². The van der Waals surface area contributed by atoms with Crippen LogP contribution in [0.15, 0.2) is 45.5 Å². The van der Waals surface area contributed by atoms with E-state index in [1.54, 1.807) is 26.5 Å². The molecule has 0 bridgehead atoms. The molecule has 9 nitrogen and oxygen atoms in total. The van der Waals surface area contributed by atoms with Crippen LogP contribution in [0.25, 0.3) is 11.4 Å². The Hall–Kier alpha value is -3.33. The number of carbonyl (C=O) groups is 1. The van der Waals surface area contributed by atoms with Crippen molar-refractivity contribution >= 4 is 5.91 Å². The number of rotatable bonds is 8. The van der Waals surface area contributed by atoms with E-state index in [0.29, 0.717) is 42.8 Å². The second-order valence-corrected chi connectivity index (χ2v) is 7.45. The average molecular weight is 426 g/mol. The van der Waals surface area contributed by atoms with E-state index in [1.807, 2.05) is 24.3 Å². The van der Waals surface area contributed by atoms with Gasteiger partial charge in [-0.05, 0) is 49.7 Å². The molecule has 1 fully saturated rings. The first kappa shape index (κ1) is 20.9. The Bertz CT molecular complexity index is 1000. The van der Waals surface area contributed by atoms with Gasteiger partial charge in [-0.3, -0.25) is 9.69 Å². The number of hydrogen-bond acceptors (Lipinski definition) is 8. The standard InChI is InChI=1S/C22H26N4O5/c1-28-18-8-7-15(11-19(18)29-2)21-24-20(31-25-21)14-26-9-3-5-16(13-26)22(27)23-12-17-6-4-10-30-17/h4,6-8,10-11,16H,3,5,9,12-14H2,1-2H3,(H,23,27). The molecule has 1 aliphatic heterocycles. The van der Waals surface area contributed by atoms with E-state index < -0.39 is 0 Å². The molecule has 4 rings (SSSR count). The Labute approximate surface area is 180 Å². The van der Waals surface area contributed by atoms with Crippen molar-refractivity contribution in [2.45, 2.75) is 25.9 Å². The summed E-state index contributed by atoms with van der Waals surface area (Å²) < 4.78 is 21.3. The highest BCUT2D eigenvalue weighted by Gasteiger charge is 2.27. The highest BCUT2D eigenvalue weighted by atomic mass is 16.5. The van der Waals surface area contributed by atoms with Gasteiger partial charge in [-0.1, -0.05) is 5.16 Å². The molecular formula is C22H26N4O5. The molecule has 1 saturated heterocycles. The normalized spacial score (nSPS) is 16.8. The minimum atomic E-state index is -0.0723. The minimum Gasteiger partial charge on any atom is -0.493 e. The van der Waals surface area contributed by atoms with Gasteiger partial charge in [0.1, 0.15) is 5.76 Å². The molecule has 3 aromatic rings. The van der Waals surface area contributed by atoms with Crippen LogP contribution < -0.4 is 14.8 Å². The van der Waals surface area contributed by atoms with Crippen LogP contribution in [-0.4, -0.2) is 48.3 Å². The molecule has 3 heterocycles. The van der Waals surface area contributed by atoms with Gasteiger partial charge in [0.25, 0.3) is 0 Å². The predicted octanol–water partition coefficient (Wildman–Crippen LogP) is 2.88. The molecular weight excluding hydrogens is 400 g/mol. The highest BCUT2D eigenvalue weighted by Crippen LogP contribution is 2.31. The van der Waals surface area contributed by atoms with Crippen LogP contribution in [0.4, 0.5) is 0 Å². The molecule has 1 atom stereocenters. The van der Waals surface area contributed by atoms with Crippen LogP contribution >= 0.6 is 0 Å². The van der Waals surface area contributed by atoms with Crippen molar-refractivity contribution in [1.29, 1.82) is 0 Å². The molecule has 1 aliphatic rings. The van der Waals surface area contributed by atoms with Gasteiger partial charge in [-0.2, -0.15) is 4.98 Å². The fourth-order valence-corrected chi connectivity index (χ4v) is 3.75. The highest BCUT2D eigenvalue weighted by molar-refractivity contribution is 5.78. The van der Waals surface area contributed by atoms with Crippen LogP contribution in [-0.2, 0) is 17.9 Å². The molecule has 164 valence electrons. The number of ether oxygens (including phenoxy) is 2. The molecule has 1 N–H and O–H groups in total. The first-order valence-electron chi connectivity index (χ1n) is 10.2. The summed E-state index contributed by atoms with van der Waals surface area (Å²) in [6.07, 6.45) is 3.40. The Morgan fingerprint density at radius 3 is 2.90 bits per heavy atom. The molecule has 1 aromatic carbocycles. The number of likely N-dealkylation sites (tertiary alicyclic amines) is 1. The lowest BCUT2D eigenvalue weighted by atomic mass is 9.97. The van der Waals surface area contributed by atoms with Gasteiger partial charge in [0.2, 0.25) is 17.6 Å². The number of methoxy groups -OCH3 is 2. The SMILES string of the molecule is COc1ccc(-c2noc(CN3CCCC(C(=O)NCc4ccco4)C3)n2)cc1OC. The number of nitrogens with one attached hydrogen (secondary N) is 1. The van der Waals surface area contributed by atoms with Crippen LogP contribution in [0, 0.1) is 5.92 Å². The summed E-state index contributed by atoms with van der Waals surface area (Å²) >= 11 is 0. The monoisotopic (exact) mass is 426 g/mol. The fraction of sp³-hybridized carbons (Fsp3) is 0.409. The Morgan fingerprint density at radius 2 is 2.13 bits per heavy atom. The number of hydrogen-bond donors (Lipinski definition) is 1. The molecule has 0 aliphatic carbocycles. The second kappa shape index (κ2) is 9.65. The maximum Gasteiger partial charge on any atom is 0.241 e. The van der Waals surface area contributed by atoms with E-state index in [9.17, 15) is 4.79 Å². The number of amides is 1. The number of piperidine rings is 1. The van der Waals surface area contributed by atoms with E-state index in [0.717, 1.165) is 30.7 Å². The number of benzene rings is 1. The molecule has 31 heavy (non-hydrogen) atoms. The first-order chi connectivity index (χ1) is 15.2. The van der Waals surface area contributed by atoms with Crippen molar-refractivity contribution < 1.29 is 23.2 Å². The van der Waals surface area contributed by atoms with Crippen LogP contribution in [0.1, 0.15) is 24.5 Å². The zero-order valence-electron chi connectivity index (χ0n) is 17.7. The molecule has 0 saturated carbocycles. The summed E-state index contributed by atoms with van der Waals surface area (Å²) in [6.45, 7) is 2.44. The Balaban J connectivity index is 1.35. The van der Waals surface area contributed by atoms with E-state index in [1.165, 1.54) is 0 Å². The molecule has 0 radical (unpaired) electrons. The number of furan rings is 1. The molecule has 1 unspecified atom stereocenters. The summed E-state index contributed by atoms with van der Waals surface area (Å²) in [7, 11) is 3.17. The maximum atomic E-state index is 12.5. The summed E-state index contributed by atoms with van der Waals surface area (Å²) in [5.41, 5.74) is 0.779. The van der Waals surface area contributed by atoms with Crippen LogP contribution in [0.5, 0.6) is 11.5 Å². The van der Waals surface area contributed by atoms with E-state index in [2.05, 4.69) is 20.4 Å². The zero-order chi connectivity index (χ0) is 21.6. The van der Waals surface area contributed by atoms with Crippen molar-refractivity contribution in [2.75, 3.05) is 27.3 Å². The first-order valence-corrected chi connectivity index (χ1v) is 10.2. The summed E-state index contributed by atoms with van der Waals surface area (Å²) in [5, 5.41) is 7.05. The minimum absolute atomic E-state index is 0.0395. The van der Waals surface area contributed by atoms with Gasteiger partial charge >= 0.3 is 0 Å². The fourth-order valence-electron chi connectivity index (χ4n) is 3.75. The summed E-state index contributed by atoms with van der Waals surface area (Å²) in [5.74, 6) is 2.96. The number of aromatic nitrogens is 2. The predicted molar refractivity (Wildman–Crippen MR) is 111 cm³/mol. The number of nitrogens with zero attached hydrogens (tertiary/aromatic N) is 3. The van der Waals surface area contributed by atoms with Gasteiger partial charge in [-0.15, -0.1) is 0 Å². The van der Waals surface area contributed by atoms with Gasteiger partial charge in [0.15, 0.2) is 11.5 Å². The Morgan fingerprint density at radius 1 is 1.26 bits per heavy atom. The summed E-state index contributed by atoms with van der Waals surface area (Å²) in [4.78, 5) is 19.2. The van der Waals surface area contributed by atoms with Gasteiger partial charge in [0, 0.05) is 12.1 Å². The quantitative estimate of drug-likeness (QED) is 0.587. The average Bonchev–Trinajstić information content (AvgIpc) is 3.49. The van der Waals surface area contributed by atoms with Crippen molar-refractivity contribution in [3.05, 3.63) is 48.2 Å². The molecule has 2 aromatic heterocycles. The van der Waals surface area contributed by atoms with Gasteiger partial charge in [0.05, 0.1) is 39.5 Å². The van der Waals surface area contributed by atoms with Crippen LogP contribution in [0.3, 0.4) is 0 Å². The topological polar surface area (TPSA) is 103 Å². The van der Waals surface area contributed by atoms with E-state index in [4.69, 9.17) is 18.4 Å². The van der Waals surface area contributed by atoms with E-state index >= 15 is 0 Å². The van der Waals surface area contributed by atoms with Crippen molar-refractivity contribution in [3.63, 3.8) is 0 Å². The van der Waals surface area contributed by atoms with Crippen molar-refractivity contribution in [2.24, 2.45) is 5.92 Å². The largest absolute Gasteiger partial charge is 0.493 e. The summed E-state index contributed by atoms with van der Waals surface area (Å²) in [6, 6.07) is 9.13. The molecule has 0 spiro atoms. The second-order valence-electron chi connectivity index (χ2n) is 7.45. The maximum absolute atomic E-state index is 12.5. The lowest BCUT2D eigenvalue weighted by Crippen LogP contribution is -2.42. The van der Waals surface area contributed by atoms with E-state index in [-0.39, 0.29) is 11.8 Å². The van der Waals surface area contributed by atoms with Crippen LogP contribution in [0.2, 0.25) is 0 Å². The third kappa shape index (κ3) is 5.05. The smallest absolute Gasteiger partial charge is 0.241 e. The molecule has 1 amide bonds. The van der Waals surface area contributed by atoms with Gasteiger partial charge < -0.3 is 23.7 Å². The Kier molecular flexibility index (Phi) is 6.51. The molecule has 9 heteroatoms. The third-order valence-corrected chi connectivity index (χ3v) is 5.36. The van der Waals surface area contributed by atoms with Crippen molar-refractivity contribution in [3.8, 4) is 22.9 Å². The van der Waals surface area contributed by atoms with Crippen molar-refractivity contribution in [1.82, 2.24) is 20.4 Å². The number of carbonyl (C=O) groups excluding carboxylic acids is 1. The lowest BCUT2D eigenvalue weighted by Gasteiger charge is -2.30. The zero-order valence-corrected chi connectivity index (χ0v) is 17.7.